The minimum atomic E-state index is -0.546. The van der Waals surface area contributed by atoms with Gasteiger partial charge in [-0.05, 0) is 35.4 Å². The van der Waals surface area contributed by atoms with Crippen LogP contribution in [-0.4, -0.2) is 11.1 Å². The third-order valence-corrected chi connectivity index (χ3v) is 4.04. The largest absolute Gasteiger partial charge is 0.417 e. The fourth-order valence-electron chi connectivity index (χ4n) is 2.78. The van der Waals surface area contributed by atoms with Crippen LogP contribution in [0.15, 0.2) is 91.1 Å². The number of fused-ring (bicyclic) bond motifs is 1. The molecule has 1 aromatic heterocycles. The third-order valence-electron chi connectivity index (χ3n) is 4.04. The smallest absolute Gasteiger partial charge is 0.408 e. The Hall–Kier alpha value is -3.66. The van der Waals surface area contributed by atoms with Crippen LogP contribution in [0.2, 0.25) is 0 Å². The van der Waals surface area contributed by atoms with Crippen LogP contribution in [0.1, 0.15) is 0 Å². The average Bonchev–Trinajstić information content (AvgIpc) is 2.69. The van der Waals surface area contributed by atoms with Crippen molar-refractivity contribution in [2.75, 3.05) is 5.32 Å². The highest BCUT2D eigenvalue weighted by Crippen LogP contribution is 2.24. The first-order valence-electron chi connectivity index (χ1n) is 8.28. The Morgan fingerprint density at radius 3 is 2.31 bits per heavy atom. The molecule has 0 radical (unpaired) electrons. The minimum absolute atomic E-state index is 0.432. The van der Waals surface area contributed by atoms with Crippen LogP contribution in [0.4, 0.5) is 10.5 Å². The van der Waals surface area contributed by atoms with Gasteiger partial charge in [0, 0.05) is 17.3 Å². The minimum Gasteiger partial charge on any atom is -0.408 e. The summed E-state index contributed by atoms with van der Waals surface area (Å²) in [6.45, 7) is 0. The summed E-state index contributed by atoms with van der Waals surface area (Å²) in [4.78, 5) is 16.5. The fraction of sp³-hybridized carbons (Fsp3) is 0. The molecule has 4 heteroatoms. The summed E-state index contributed by atoms with van der Waals surface area (Å²) in [5, 5.41) is 3.67. The van der Waals surface area contributed by atoms with E-state index in [-0.39, 0.29) is 0 Å². The number of amides is 1. The van der Waals surface area contributed by atoms with Crippen molar-refractivity contribution in [2.24, 2.45) is 0 Å². The number of hydrogen-bond acceptors (Lipinski definition) is 3. The molecule has 1 heterocycles. The van der Waals surface area contributed by atoms with Gasteiger partial charge in [-0.3, -0.25) is 10.3 Å². The lowest BCUT2D eigenvalue weighted by Crippen LogP contribution is -2.16. The SMILES string of the molecule is O=C(Nc1ccc(-c2ccccc2)cc1)Oc1cccc2cccnc12. The van der Waals surface area contributed by atoms with E-state index in [1.54, 1.807) is 12.3 Å². The Labute approximate surface area is 151 Å². The van der Waals surface area contributed by atoms with Gasteiger partial charge in [-0.25, -0.2) is 4.79 Å². The van der Waals surface area contributed by atoms with Gasteiger partial charge in [0.05, 0.1) is 0 Å². The molecule has 0 spiro atoms. The van der Waals surface area contributed by atoms with Gasteiger partial charge < -0.3 is 4.74 Å². The van der Waals surface area contributed by atoms with Crippen LogP contribution < -0.4 is 10.1 Å². The fourth-order valence-corrected chi connectivity index (χ4v) is 2.78. The summed E-state index contributed by atoms with van der Waals surface area (Å²) in [5.41, 5.74) is 3.54. The zero-order valence-corrected chi connectivity index (χ0v) is 13.9. The molecule has 0 aliphatic heterocycles. The van der Waals surface area contributed by atoms with E-state index in [0.717, 1.165) is 16.5 Å². The number of aromatic nitrogens is 1. The van der Waals surface area contributed by atoms with E-state index in [0.29, 0.717) is 17.0 Å². The number of ether oxygens (including phenoxy) is 1. The Balaban J connectivity index is 1.48. The molecular weight excluding hydrogens is 324 g/mol. The molecule has 0 saturated heterocycles. The first-order chi connectivity index (χ1) is 12.8. The van der Waals surface area contributed by atoms with Crippen LogP contribution >= 0.6 is 0 Å². The normalized spacial score (nSPS) is 10.5. The first-order valence-corrected chi connectivity index (χ1v) is 8.28. The van der Waals surface area contributed by atoms with E-state index in [9.17, 15) is 4.79 Å². The number of anilines is 1. The average molecular weight is 340 g/mol. The van der Waals surface area contributed by atoms with Crippen molar-refractivity contribution >= 4 is 22.7 Å². The maximum absolute atomic E-state index is 12.2. The molecule has 3 aromatic carbocycles. The number of rotatable bonds is 3. The predicted octanol–water partition coefficient (Wildman–Crippen LogP) is 5.51. The summed E-state index contributed by atoms with van der Waals surface area (Å²) in [7, 11) is 0. The first kappa shape index (κ1) is 15.8. The Kier molecular flexibility index (Phi) is 4.31. The highest BCUT2D eigenvalue weighted by Gasteiger charge is 2.09. The predicted molar refractivity (Wildman–Crippen MR) is 103 cm³/mol. The van der Waals surface area contributed by atoms with Crippen molar-refractivity contribution < 1.29 is 9.53 Å². The maximum Gasteiger partial charge on any atom is 0.417 e. The van der Waals surface area contributed by atoms with Crippen LogP contribution in [0.5, 0.6) is 5.75 Å². The van der Waals surface area contributed by atoms with E-state index in [1.807, 2.05) is 78.9 Å². The lowest BCUT2D eigenvalue weighted by atomic mass is 10.1. The number of pyridine rings is 1. The van der Waals surface area contributed by atoms with Crippen molar-refractivity contribution in [1.82, 2.24) is 4.98 Å². The van der Waals surface area contributed by atoms with Crippen molar-refractivity contribution in [3.8, 4) is 16.9 Å². The maximum atomic E-state index is 12.2. The van der Waals surface area contributed by atoms with Gasteiger partial charge in [0.25, 0.3) is 0 Å². The summed E-state index contributed by atoms with van der Waals surface area (Å²) < 4.78 is 5.43. The number of nitrogens with one attached hydrogen (secondary N) is 1. The van der Waals surface area contributed by atoms with Gasteiger partial charge in [-0.15, -0.1) is 0 Å². The van der Waals surface area contributed by atoms with E-state index < -0.39 is 6.09 Å². The zero-order valence-electron chi connectivity index (χ0n) is 13.9. The van der Waals surface area contributed by atoms with Gasteiger partial charge in [-0.1, -0.05) is 60.7 Å². The van der Waals surface area contributed by atoms with Gasteiger partial charge in [0.1, 0.15) is 5.52 Å². The van der Waals surface area contributed by atoms with Crippen LogP contribution in [-0.2, 0) is 0 Å². The van der Waals surface area contributed by atoms with E-state index in [2.05, 4.69) is 10.3 Å². The lowest BCUT2D eigenvalue weighted by molar-refractivity contribution is 0.215. The Morgan fingerprint density at radius 2 is 1.50 bits per heavy atom. The summed E-state index contributed by atoms with van der Waals surface area (Å²) in [6, 6.07) is 27.0. The zero-order chi connectivity index (χ0) is 17.8. The molecule has 0 fully saturated rings. The van der Waals surface area contributed by atoms with Crippen molar-refractivity contribution in [3.63, 3.8) is 0 Å². The summed E-state index contributed by atoms with van der Waals surface area (Å²) in [5.74, 6) is 0.432. The quantitative estimate of drug-likeness (QED) is 0.535. The van der Waals surface area contributed by atoms with Gasteiger partial charge >= 0.3 is 6.09 Å². The topological polar surface area (TPSA) is 51.2 Å². The third kappa shape index (κ3) is 3.39. The van der Waals surface area contributed by atoms with E-state index in [4.69, 9.17) is 4.74 Å². The second-order valence-electron chi connectivity index (χ2n) is 5.79. The Bertz CT molecular complexity index is 1040. The van der Waals surface area contributed by atoms with Gasteiger partial charge in [0.2, 0.25) is 0 Å². The second-order valence-corrected chi connectivity index (χ2v) is 5.79. The van der Waals surface area contributed by atoms with Crippen molar-refractivity contribution in [1.29, 1.82) is 0 Å². The number of hydrogen-bond donors (Lipinski definition) is 1. The number of carbonyl (C=O) groups is 1. The molecule has 0 aliphatic carbocycles. The monoisotopic (exact) mass is 340 g/mol. The lowest BCUT2D eigenvalue weighted by Gasteiger charge is -2.09. The van der Waals surface area contributed by atoms with Crippen molar-refractivity contribution in [2.45, 2.75) is 0 Å². The highest BCUT2D eigenvalue weighted by atomic mass is 16.6. The molecule has 0 atom stereocenters. The molecule has 0 saturated carbocycles. The number of nitrogens with zero attached hydrogens (tertiary/aromatic N) is 1. The standard InChI is InChI=1S/C22H16N2O2/c25-22(26-20-10-4-8-18-9-5-15-23-21(18)20)24-19-13-11-17(12-14-19)16-6-2-1-3-7-16/h1-15H,(H,24,25). The molecule has 0 unspecified atom stereocenters. The van der Waals surface area contributed by atoms with Crippen molar-refractivity contribution in [3.05, 3.63) is 91.1 Å². The van der Waals surface area contributed by atoms with E-state index in [1.165, 1.54) is 0 Å². The molecule has 4 rings (SSSR count). The number of benzene rings is 3. The highest BCUT2D eigenvalue weighted by molar-refractivity contribution is 5.91. The van der Waals surface area contributed by atoms with Gasteiger partial charge in [0.15, 0.2) is 5.75 Å². The van der Waals surface area contributed by atoms with Crippen LogP contribution in [0.25, 0.3) is 22.0 Å². The molecule has 1 N–H and O–H groups in total. The molecule has 126 valence electrons. The molecule has 0 aliphatic rings. The van der Waals surface area contributed by atoms with Gasteiger partial charge in [-0.2, -0.15) is 0 Å². The van der Waals surface area contributed by atoms with Crippen LogP contribution in [0.3, 0.4) is 0 Å². The molecule has 26 heavy (non-hydrogen) atoms. The molecule has 1 amide bonds. The molecular formula is C22H16N2O2. The second kappa shape index (κ2) is 7.07. The summed E-state index contributed by atoms with van der Waals surface area (Å²) >= 11 is 0. The molecule has 4 aromatic rings. The van der Waals surface area contributed by atoms with Crippen LogP contribution in [0, 0.1) is 0 Å². The Morgan fingerprint density at radius 1 is 0.769 bits per heavy atom. The molecule has 4 nitrogen and oxygen atoms in total. The van der Waals surface area contributed by atoms with E-state index >= 15 is 0 Å². The summed E-state index contributed by atoms with van der Waals surface area (Å²) in [6.07, 6.45) is 1.13. The number of para-hydroxylation sites is 1. The number of carbonyl (C=O) groups excluding carboxylic acids is 1. The molecule has 0 bridgehead atoms.